The van der Waals surface area contributed by atoms with Crippen molar-refractivity contribution in [3.05, 3.63) is 74.7 Å². The number of hydrogen-bond donors (Lipinski definition) is 1. The summed E-state index contributed by atoms with van der Waals surface area (Å²) in [6.07, 6.45) is -3.47. The van der Waals surface area contributed by atoms with Gasteiger partial charge >= 0.3 is 17.6 Å². The number of aromatic nitrogens is 3. The molecule has 1 heterocycles. The smallest absolute Gasteiger partial charge is 0.346 e. The standard InChI is InChI=1S/C25H23F3N4O6/c1-4-14-5-6-15(21(26)22(14)38-17-8-13(12-29)7-16(9-17)23(27)28)10-19-30-32(25(36)31(19)2)18(24(34)35)11-20(33)37-3/h5-9,18,23H,4,10-11H2,1-3H3,(H,34,35). The summed E-state index contributed by atoms with van der Waals surface area (Å²) >= 11 is 0. The van der Waals surface area contributed by atoms with Crippen molar-refractivity contribution in [2.45, 2.75) is 38.7 Å². The van der Waals surface area contributed by atoms with E-state index in [9.17, 15) is 28.3 Å². The lowest BCUT2D eigenvalue weighted by molar-refractivity contribution is -0.149. The van der Waals surface area contributed by atoms with E-state index in [1.807, 2.05) is 0 Å². The normalized spacial score (nSPS) is 11.7. The van der Waals surface area contributed by atoms with Crippen LogP contribution in [0.25, 0.3) is 0 Å². The van der Waals surface area contributed by atoms with Crippen molar-refractivity contribution < 1.29 is 37.3 Å². The zero-order valence-electron chi connectivity index (χ0n) is 20.6. The molecule has 0 amide bonds. The maximum absolute atomic E-state index is 15.7. The molecule has 200 valence electrons. The average molecular weight is 532 g/mol. The minimum absolute atomic E-state index is 0.00770. The first-order valence-corrected chi connectivity index (χ1v) is 11.3. The van der Waals surface area contributed by atoms with Gasteiger partial charge in [0.1, 0.15) is 11.6 Å². The monoisotopic (exact) mass is 532 g/mol. The molecule has 0 radical (unpaired) electrons. The Bertz CT molecular complexity index is 1470. The van der Waals surface area contributed by atoms with E-state index >= 15 is 4.39 Å². The second-order valence-corrected chi connectivity index (χ2v) is 8.20. The zero-order valence-corrected chi connectivity index (χ0v) is 20.6. The molecule has 0 aliphatic heterocycles. The highest BCUT2D eigenvalue weighted by molar-refractivity contribution is 5.79. The fourth-order valence-corrected chi connectivity index (χ4v) is 3.70. The molecule has 0 saturated carbocycles. The van der Waals surface area contributed by atoms with Crippen molar-refractivity contribution >= 4 is 11.9 Å². The number of benzene rings is 2. The number of halogens is 3. The van der Waals surface area contributed by atoms with Crippen LogP contribution < -0.4 is 10.4 Å². The highest BCUT2D eigenvalue weighted by Gasteiger charge is 2.29. The average Bonchev–Trinajstić information content (AvgIpc) is 3.17. The molecular formula is C25H23F3N4O6. The lowest BCUT2D eigenvalue weighted by Crippen LogP contribution is -2.33. The highest BCUT2D eigenvalue weighted by Crippen LogP contribution is 2.34. The number of carboxylic acids is 1. The van der Waals surface area contributed by atoms with Crippen LogP contribution in [0.4, 0.5) is 13.2 Å². The van der Waals surface area contributed by atoms with E-state index in [4.69, 9.17) is 10.00 Å². The minimum Gasteiger partial charge on any atom is -0.480 e. The van der Waals surface area contributed by atoms with Gasteiger partial charge in [0.05, 0.1) is 25.2 Å². The maximum atomic E-state index is 15.7. The van der Waals surface area contributed by atoms with Gasteiger partial charge in [-0.3, -0.25) is 9.36 Å². The first kappa shape index (κ1) is 28.0. The van der Waals surface area contributed by atoms with Gasteiger partial charge in [0.15, 0.2) is 17.6 Å². The van der Waals surface area contributed by atoms with Crippen LogP contribution in [0.15, 0.2) is 35.1 Å². The summed E-state index contributed by atoms with van der Waals surface area (Å²) in [5.74, 6) is -3.62. The molecule has 0 fully saturated rings. The van der Waals surface area contributed by atoms with Crippen molar-refractivity contribution in [3.8, 4) is 17.6 Å². The van der Waals surface area contributed by atoms with E-state index in [-0.39, 0.29) is 34.9 Å². The number of carboxylic acid groups (broad SMARTS) is 1. The molecule has 0 spiro atoms. The fraction of sp³-hybridized carbons (Fsp3) is 0.320. The lowest BCUT2D eigenvalue weighted by Gasteiger charge is -2.15. The van der Waals surface area contributed by atoms with E-state index in [0.29, 0.717) is 16.7 Å². The summed E-state index contributed by atoms with van der Waals surface area (Å²) in [4.78, 5) is 36.0. The number of nitrogens with zero attached hydrogens (tertiary/aromatic N) is 4. The Morgan fingerprint density at radius 3 is 2.47 bits per heavy atom. The van der Waals surface area contributed by atoms with Gasteiger partial charge in [-0.05, 0) is 35.7 Å². The highest BCUT2D eigenvalue weighted by atomic mass is 19.3. The van der Waals surface area contributed by atoms with E-state index in [1.54, 1.807) is 19.1 Å². The van der Waals surface area contributed by atoms with Crippen LogP contribution in [0.5, 0.6) is 11.5 Å². The first-order chi connectivity index (χ1) is 18.0. The summed E-state index contributed by atoms with van der Waals surface area (Å²) in [6, 6.07) is 6.33. The molecule has 0 bridgehead atoms. The van der Waals surface area contributed by atoms with Gasteiger partial charge in [0, 0.05) is 19.0 Å². The molecule has 3 aromatic rings. The first-order valence-electron chi connectivity index (χ1n) is 11.3. The van der Waals surface area contributed by atoms with Gasteiger partial charge in [-0.25, -0.2) is 22.8 Å². The van der Waals surface area contributed by atoms with Crippen molar-refractivity contribution in [1.29, 1.82) is 5.26 Å². The predicted molar refractivity (Wildman–Crippen MR) is 126 cm³/mol. The molecular weight excluding hydrogens is 509 g/mol. The Morgan fingerprint density at radius 2 is 1.89 bits per heavy atom. The summed E-state index contributed by atoms with van der Waals surface area (Å²) in [7, 11) is 2.38. The fourth-order valence-electron chi connectivity index (χ4n) is 3.70. The molecule has 13 heteroatoms. The van der Waals surface area contributed by atoms with Crippen LogP contribution in [0.1, 0.15) is 53.9 Å². The van der Waals surface area contributed by atoms with Crippen molar-refractivity contribution in [2.24, 2.45) is 7.05 Å². The molecule has 10 nitrogen and oxygen atoms in total. The number of aryl methyl sites for hydroxylation is 1. The molecule has 0 saturated heterocycles. The number of aliphatic carboxylic acids is 1. The van der Waals surface area contributed by atoms with Crippen LogP contribution in [-0.4, -0.2) is 38.5 Å². The van der Waals surface area contributed by atoms with Crippen LogP contribution in [-0.2, 0) is 34.2 Å². The zero-order chi connectivity index (χ0) is 28.1. The minimum atomic E-state index is -2.88. The summed E-state index contributed by atoms with van der Waals surface area (Å²) < 4.78 is 54.0. The number of carbonyl (C=O) groups is 2. The molecule has 0 aliphatic carbocycles. The SMILES string of the molecule is CCc1ccc(Cc2nn(C(CC(=O)OC)C(=O)O)c(=O)n2C)c(F)c1Oc1cc(C#N)cc(C(F)F)c1. The van der Waals surface area contributed by atoms with Crippen molar-refractivity contribution in [1.82, 2.24) is 14.3 Å². The third kappa shape index (κ3) is 5.86. The summed E-state index contributed by atoms with van der Waals surface area (Å²) in [5.41, 5.74) is -0.966. The molecule has 0 aliphatic rings. The molecule has 38 heavy (non-hydrogen) atoms. The molecule has 1 atom stereocenters. The quantitative estimate of drug-likeness (QED) is 0.391. The number of carbonyl (C=O) groups excluding carboxylic acids is 1. The summed E-state index contributed by atoms with van der Waals surface area (Å²) in [6.45, 7) is 1.73. The van der Waals surface area contributed by atoms with Gasteiger partial charge in [0.25, 0.3) is 6.43 Å². The third-order valence-corrected chi connectivity index (χ3v) is 5.78. The predicted octanol–water partition coefficient (Wildman–Crippen LogP) is 3.66. The van der Waals surface area contributed by atoms with Gasteiger partial charge in [-0.2, -0.15) is 15.0 Å². The van der Waals surface area contributed by atoms with E-state index in [2.05, 4.69) is 9.84 Å². The number of rotatable bonds is 10. The third-order valence-electron chi connectivity index (χ3n) is 5.78. The number of hydrogen-bond acceptors (Lipinski definition) is 7. The molecule has 1 unspecified atom stereocenters. The Kier molecular flexibility index (Phi) is 8.57. The Labute approximate surface area is 214 Å². The number of alkyl halides is 2. The molecule has 3 rings (SSSR count). The van der Waals surface area contributed by atoms with E-state index in [0.717, 1.165) is 23.8 Å². The van der Waals surface area contributed by atoms with Crippen LogP contribution in [0, 0.1) is 17.1 Å². The molecule has 1 aromatic heterocycles. The van der Waals surface area contributed by atoms with Crippen molar-refractivity contribution in [3.63, 3.8) is 0 Å². The number of nitriles is 1. The van der Waals surface area contributed by atoms with Crippen molar-refractivity contribution in [2.75, 3.05) is 7.11 Å². The number of esters is 1. The Morgan fingerprint density at radius 1 is 1.21 bits per heavy atom. The topological polar surface area (TPSA) is 136 Å². The number of methoxy groups -OCH3 is 1. The second kappa shape index (κ2) is 11.6. The van der Waals surface area contributed by atoms with E-state index in [1.165, 1.54) is 19.2 Å². The van der Waals surface area contributed by atoms with Crippen LogP contribution >= 0.6 is 0 Å². The maximum Gasteiger partial charge on any atom is 0.346 e. The largest absolute Gasteiger partial charge is 0.480 e. The Hall–Kier alpha value is -4.60. The molecule has 2 aromatic carbocycles. The summed E-state index contributed by atoms with van der Waals surface area (Å²) in [5, 5.41) is 22.7. The van der Waals surface area contributed by atoms with Gasteiger partial charge in [-0.1, -0.05) is 19.1 Å². The lowest BCUT2D eigenvalue weighted by atomic mass is 10.0. The Balaban J connectivity index is 2.02. The van der Waals surface area contributed by atoms with Gasteiger partial charge in [0.2, 0.25) is 0 Å². The van der Waals surface area contributed by atoms with Crippen LogP contribution in [0.3, 0.4) is 0 Å². The van der Waals surface area contributed by atoms with Gasteiger partial charge in [-0.15, -0.1) is 0 Å². The number of ether oxygens (including phenoxy) is 2. The second-order valence-electron chi connectivity index (χ2n) is 8.20. The van der Waals surface area contributed by atoms with E-state index < -0.39 is 47.9 Å². The molecule has 1 N–H and O–H groups in total. The van der Waals surface area contributed by atoms with Crippen LogP contribution in [0.2, 0.25) is 0 Å². The van der Waals surface area contributed by atoms with Gasteiger partial charge < -0.3 is 14.6 Å².